The zero-order valence-corrected chi connectivity index (χ0v) is 21.7. The second-order valence-electron chi connectivity index (χ2n) is 10.1. The summed E-state index contributed by atoms with van der Waals surface area (Å²) >= 11 is 0. The molecular weight excluding hydrogens is 448 g/mol. The summed E-state index contributed by atoms with van der Waals surface area (Å²) in [5.41, 5.74) is 3.57. The molecule has 3 aliphatic heterocycles. The summed E-state index contributed by atoms with van der Waals surface area (Å²) in [6.07, 6.45) is 5.20. The van der Waals surface area contributed by atoms with Gasteiger partial charge in [0.15, 0.2) is 0 Å². The average Bonchev–Trinajstić information content (AvgIpc) is 3.05. The number of sulfonamides is 1. The molecule has 3 aliphatic rings. The normalized spacial score (nSPS) is 23.8. The average molecular weight is 487 g/mol. The summed E-state index contributed by atoms with van der Waals surface area (Å²) in [5.74, 6) is 0.622. The zero-order chi connectivity index (χ0) is 24.5. The molecule has 1 amide bonds. The molecule has 0 radical (unpaired) electrons. The third kappa shape index (κ3) is 5.23. The Morgan fingerprint density at radius 2 is 1.79 bits per heavy atom. The zero-order valence-electron chi connectivity index (χ0n) is 20.9. The van der Waals surface area contributed by atoms with Crippen LogP contribution in [0.4, 0.5) is 0 Å². The number of nitrogens with one attached hydrogen (secondary N) is 1. The predicted molar refractivity (Wildman–Crippen MR) is 137 cm³/mol. The first-order chi connectivity index (χ1) is 16.2. The Morgan fingerprint density at radius 1 is 1.06 bits per heavy atom. The van der Waals surface area contributed by atoms with Gasteiger partial charge in [-0.3, -0.25) is 9.69 Å². The molecule has 7 nitrogen and oxygen atoms in total. The van der Waals surface area contributed by atoms with Crippen molar-refractivity contribution in [2.75, 3.05) is 32.7 Å². The van der Waals surface area contributed by atoms with Gasteiger partial charge < -0.3 is 10.2 Å². The van der Waals surface area contributed by atoms with E-state index in [1.807, 2.05) is 43.9 Å². The van der Waals surface area contributed by atoms with E-state index in [4.69, 9.17) is 0 Å². The van der Waals surface area contributed by atoms with E-state index < -0.39 is 10.0 Å². The highest BCUT2D eigenvalue weighted by Gasteiger charge is 2.35. The predicted octanol–water partition coefficient (Wildman–Crippen LogP) is 3.48. The molecule has 8 heteroatoms. The Kier molecular flexibility index (Phi) is 7.48. The van der Waals surface area contributed by atoms with Crippen molar-refractivity contribution >= 4 is 26.7 Å². The van der Waals surface area contributed by atoms with Crippen LogP contribution in [0.2, 0.25) is 0 Å². The molecule has 0 bridgehead atoms. The van der Waals surface area contributed by atoms with E-state index in [1.165, 1.54) is 19.3 Å². The molecular formula is C26H38N4O3S. The van der Waals surface area contributed by atoms with Crippen LogP contribution in [0.3, 0.4) is 0 Å². The Bertz CT molecular complexity index is 1100. The van der Waals surface area contributed by atoms with Gasteiger partial charge in [0.2, 0.25) is 5.91 Å². The number of amides is 1. The highest BCUT2D eigenvalue weighted by atomic mass is 32.2. The molecule has 0 saturated carbocycles. The third-order valence-corrected chi connectivity index (χ3v) is 9.18. The summed E-state index contributed by atoms with van der Waals surface area (Å²) in [4.78, 5) is 17.5. The quantitative estimate of drug-likeness (QED) is 0.689. The van der Waals surface area contributed by atoms with Gasteiger partial charge >= 0.3 is 0 Å². The van der Waals surface area contributed by atoms with Gasteiger partial charge in [-0.25, -0.2) is 0 Å². The Hall–Kier alpha value is -2.19. The fourth-order valence-electron chi connectivity index (χ4n) is 5.38. The van der Waals surface area contributed by atoms with Crippen LogP contribution in [-0.4, -0.2) is 68.7 Å². The van der Waals surface area contributed by atoms with Crippen molar-refractivity contribution in [3.05, 3.63) is 40.5 Å². The number of likely N-dealkylation sites (tertiary alicyclic amines) is 2. The maximum atomic E-state index is 12.9. The van der Waals surface area contributed by atoms with Gasteiger partial charge in [0.05, 0.1) is 0 Å². The molecule has 34 heavy (non-hydrogen) atoms. The molecule has 1 aromatic carbocycles. The minimum Gasteiger partial charge on any atom is -0.356 e. The smallest absolute Gasteiger partial charge is 0.285 e. The minimum absolute atomic E-state index is 0.0304. The molecule has 3 heterocycles. The monoisotopic (exact) mass is 486 g/mol. The van der Waals surface area contributed by atoms with Crippen molar-refractivity contribution in [3.63, 3.8) is 0 Å². The molecule has 1 aromatic rings. The van der Waals surface area contributed by atoms with Gasteiger partial charge in [-0.05, 0) is 76.6 Å². The number of aryl methyl sites for hydroxylation is 2. The van der Waals surface area contributed by atoms with Crippen molar-refractivity contribution < 1.29 is 13.2 Å². The molecule has 1 N–H and O–H groups in total. The van der Waals surface area contributed by atoms with Crippen LogP contribution in [0, 0.1) is 19.8 Å². The Morgan fingerprint density at radius 3 is 2.47 bits per heavy atom. The number of carbonyl (C=O) groups excluding carboxylic acids is 1. The van der Waals surface area contributed by atoms with Crippen molar-refractivity contribution in [1.82, 2.24) is 15.1 Å². The van der Waals surface area contributed by atoms with E-state index in [0.29, 0.717) is 60.4 Å². The van der Waals surface area contributed by atoms with Crippen molar-refractivity contribution in [2.45, 2.75) is 65.8 Å². The highest BCUT2D eigenvalue weighted by Crippen LogP contribution is 2.35. The van der Waals surface area contributed by atoms with E-state index >= 15 is 0 Å². The van der Waals surface area contributed by atoms with Crippen molar-refractivity contribution in [2.24, 2.45) is 10.3 Å². The fraction of sp³-hybridized carbons (Fsp3) is 0.615. The first kappa shape index (κ1) is 24.9. The molecule has 0 aromatic heterocycles. The van der Waals surface area contributed by atoms with E-state index in [1.54, 1.807) is 0 Å². The standard InChI is InChI=1S/C26H38N4O3S/c1-18-8-9-23(17-19(18)2)24-21(4)25(28-34(24,32)33)30-14-10-22(11-15-30)26(31)27-12-16-29-13-6-5-7-20(29)3/h8-9,17,20,22H,5-7,10-16H2,1-4H3,(H,27,31)/t20-/m0/s1. The molecule has 0 aliphatic carbocycles. The van der Waals surface area contributed by atoms with Gasteiger partial charge in [-0.15, -0.1) is 4.40 Å². The lowest BCUT2D eigenvalue weighted by atomic mass is 9.95. The van der Waals surface area contributed by atoms with Crippen LogP contribution in [0.5, 0.6) is 0 Å². The molecule has 0 spiro atoms. The van der Waals surface area contributed by atoms with Crippen molar-refractivity contribution in [3.8, 4) is 0 Å². The van der Waals surface area contributed by atoms with Crippen LogP contribution >= 0.6 is 0 Å². The van der Waals surface area contributed by atoms with Crippen molar-refractivity contribution in [1.29, 1.82) is 0 Å². The van der Waals surface area contributed by atoms with E-state index in [-0.39, 0.29) is 11.8 Å². The molecule has 2 fully saturated rings. The van der Waals surface area contributed by atoms with Crippen LogP contribution in [0.1, 0.15) is 62.6 Å². The van der Waals surface area contributed by atoms with Crippen LogP contribution < -0.4 is 5.32 Å². The van der Waals surface area contributed by atoms with Gasteiger partial charge in [0.1, 0.15) is 10.7 Å². The number of hydrogen-bond acceptors (Lipinski definition) is 5. The Labute approximate surface area is 204 Å². The maximum Gasteiger partial charge on any atom is 0.285 e. The van der Waals surface area contributed by atoms with E-state index in [9.17, 15) is 13.2 Å². The molecule has 0 unspecified atom stereocenters. The molecule has 4 rings (SSSR count). The second-order valence-corrected chi connectivity index (χ2v) is 11.6. The third-order valence-electron chi connectivity index (χ3n) is 7.71. The number of benzene rings is 1. The summed E-state index contributed by atoms with van der Waals surface area (Å²) in [6.45, 7) is 12.1. The highest BCUT2D eigenvalue weighted by molar-refractivity contribution is 8.00. The molecule has 2 saturated heterocycles. The maximum absolute atomic E-state index is 12.9. The number of rotatable bonds is 5. The number of amidine groups is 1. The van der Waals surface area contributed by atoms with Crippen LogP contribution in [-0.2, 0) is 14.8 Å². The second kappa shape index (κ2) is 10.2. The summed E-state index contributed by atoms with van der Waals surface area (Å²) in [5, 5.41) is 3.13. The molecule has 186 valence electrons. The lowest BCUT2D eigenvalue weighted by Gasteiger charge is -2.34. The van der Waals surface area contributed by atoms with Crippen LogP contribution in [0.25, 0.3) is 4.91 Å². The number of piperidine rings is 2. The first-order valence-electron chi connectivity index (χ1n) is 12.6. The molecule has 1 atom stereocenters. The summed E-state index contributed by atoms with van der Waals surface area (Å²) in [6, 6.07) is 6.33. The van der Waals surface area contributed by atoms with Gasteiger partial charge in [-0.1, -0.05) is 24.6 Å². The largest absolute Gasteiger partial charge is 0.356 e. The number of carbonyl (C=O) groups is 1. The lowest BCUT2D eigenvalue weighted by molar-refractivity contribution is -0.126. The topological polar surface area (TPSA) is 82.1 Å². The van der Waals surface area contributed by atoms with Crippen LogP contribution in [0.15, 0.2) is 28.2 Å². The van der Waals surface area contributed by atoms with E-state index in [0.717, 1.165) is 24.2 Å². The summed E-state index contributed by atoms with van der Waals surface area (Å²) < 4.78 is 30.0. The number of hydrogen-bond donors (Lipinski definition) is 1. The minimum atomic E-state index is -3.73. The summed E-state index contributed by atoms with van der Waals surface area (Å²) in [7, 11) is -3.73. The SMILES string of the molecule is CC1=C(c2ccc(C)c(C)c2)S(=O)(=O)N=C1N1CCC(C(=O)NCCN2CCCC[C@@H]2C)CC1. The van der Waals surface area contributed by atoms with Gasteiger partial charge in [0, 0.05) is 43.7 Å². The van der Waals surface area contributed by atoms with E-state index in [2.05, 4.69) is 21.5 Å². The Balaban J connectivity index is 1.35. The number of nitrogens with zero attached hydrogens (tertiary/aromatic N) is 3. The lowest BCUT2D eigenvalue weighted by Crippen LogP contribution is -2.46. The first-order valence-corrected chi connectivity index (χ1v) is 14.0. The van der Waals surface area contributed by atoms with Gasteiger partial charge in [-0.2, -0.15) is 8.42 Å². The van der Waals surface area contributed by atoms with Gasteiger partial charge in [0.25, 0.3) is 10.0 Å². The fourth-order valence-corrected chi connectivity index (χ4v) is 6.85.